The molecule has 0 fully saturated rings. The fourth-order valence-electron chi connectivity index (χ4n) is 4.17. The molecule has 0 spiro atoms. The van der Waals surface area contributed by atoms with Gasteiger partial charge in [-0.3, -0.25) is 0 Å². The second kappa shape index (κ2) is 10.2. The Morgan fingerprint density at radius 2 is 1.03 bits per heavy atom. The van der Waals surface area contributed by atoms with Gasteiger partial charge in [-0.1, -0.05) is 91.0 Å². The van der Waals surface area contributed by atoms with Gasteiger partial charge in [-0.25, -0.2) is 0 Å². The number of benzene rings is 3. The molecule has 0 saturated heterocycles. The lowest BCUT2D eigenvalue weighted by Crippen LogP contribution is -2.69. The van der Waals surface area contributed by atoms with E-state index < -0.39 is 25.2 Å². The molecule has 0 aromatic heterocycles. The van der Waals surface area contributed by atoms with Gasteiger partial charge in [0.2, 0.25) is 8.32 Å². The SMILES string of the molecule is C[Si](C)(CCCN)O[Si](C)(O[Si](C)(c1ccccc1)c1ccccc1)c1ccccc1. The molecular formula is C25H35NO2Si3. The lowest BCUT2D eigenvalue weighted by molar-refractivity contribution is 0.405. The second-order valence-corrected chi connectivity index (χ2v) is 20.3. The summed E-state index contributed by atoms with van der Waals surface area (Å²) in [7, 11) is -7.21. The van der Waals surface area contributed by atoms with Crippen LogP contribution >= 0.6 is 0 Å². The topological polar surface area (TPSA) is 44.5 Å². The van der Waals surface area contributed by atoms with Crippen molar-refractivity contribution in [3.8, 4) is 0 Å². The van der Waals surface area contributed by atoms with E-state index in [4.69, 9.17) is 14.0 Å². The standard InChI is InChI=1S/C25H35NO2Si3/c1-29(2,22-14-21-26)27-31(4,25-19-12-7-13-20-25)28-30(3,23-15-8-5-9-16-23)24-17-10-6-11-18-24/h5-13,15-20H,14,21-22,26H2,1-4H3. The first-order chi connectivity index (χ1) is 14.8. The highest BCUT2D eigenvalue weighted by atomic mass is 28.5. The van der Waals surface area contributed by atoms with E-state index in [9.17, 15) is 0 Å². The van der Waals surface area contributed by atoms with E-state index in [1.807, 2.05) is 0 Å². The summed E-state index contributed by atoms with van der Waals surface area (Å²) in [5.41, 5.74) is 5.82. The predicted molar refractivity (Wildman–Crippen MR) is 140 cm³/mol. The molecule has 1 atom stereocenters. The summed E-state index contributed by atoms with van der Waals surface area (Å²) in [6, 6.07) is 33.0. The lowest BCUT2D eigenvalue weighted by Gasteiger charge is -2.42. The molecular weight excluding hydrogens is 431 g/mol. The quantitative estimate of drug-likeness (QED) is 0.461. The average molecular weight is 466 g/mol. The van der Waals surface area contributed by atoms with Crippen molar-refractivity contribution in [2.45, 2.75) is 38.7 Å². The average Bonchev–Trinajstić information content (AvgIpc) is 2.79. The minimum absolute atomic E-state index is 0.699. The van der Waals surface area contributed by atoms with Crippen LogP contribution in [0.2, 0.25) is 32.2 Å². The van der Waals surface area contributed by atoms with Crippen LogP contribution in [0, 0.1) is 0 Å². The van der Waals surface area contributed by atoms with Gasteiger partial charge in [0.25, 0.3) is 0 Å². The minimum Gasteiger partial charge on any atom is -0.433 e. The first-order valence-corrected chi connectivity index (χ1v) is 18.9. The summed E-state index contributed by atoms with van der Waals surface area (Å²) in [6.07, 6.45) is 0.991. The first-order valence-electron chi connectivity index (χ1n) is 11.1. The molecule has 0 amide bonds. The van der Waals surface area contributed by atoms with Crippen LogP contribution < -0.4 is 21.3 Å². The van der Waals surface area contributed by atoms with Gasteiger partial charge in [0, 0.05) is 0 Å². The van der Waals surface area contributed by atoms with Gasteiger partial charge in [0.1, 0.15) is 0 Å². The third-order valence-electron chi connectivity index (χ3n) is 5.80. The Morgan fingerprint density at radius 1 is 0.613 bits per heavy atom. The molecule has 0 aliphatic heterocycles. The van der Waals surface area contributed by atoms with Crippen molar-refractivity contribution in [1.29, 1.82) is 0 Å². The van der Waals surface area contributed by atoms with Crippen molar-refractivity contribution in [2.24, 2.45) is 5.73 Å². The molecule has 0 aliphatic carbocycles. The Labute approximate surface area is 190 Å². The van der Waals surface area contributed by atoms with Crippen LogP contribution in [0.5, 0.6) is 0 Å². The Bertz CT molecular complexity index is 899. The zero-order valence-electron chi connectivity index (χ0n) is 19.2. The van der Waals surface area contributed by atoms with Gasteiger partial charge in [0.05, 0.1) is 0 Å². The molecule has 2 N–H and O–H groups in total. The first kappa shape index (κ1) is 23.8. The lowest BCUT2D eigenvalue weighted by atomic mass is 10.4. The smallest absolute Gasteiger partial charge is 0.349 e. The molecule has 3 rings (SSSR count). The summed E-state index contributed by atoms with van der Waals surface area (Å²) in [5, 5.41) is 3.72. The number of hydrogen-bond donors (Lipinski definition) is 1. The van der Waals surface area contributed by atoms with Crippen LogP contribution in [0.25, 0.3) is 0 Å². The highest BCUT2D eigenvalue weighted by Gasteiger charge is 2.47. The predicted octanol–water partition coefficient (Wildman–Crippen LogP) is 3.94. The second-order valence-electron chi connectivity index (χ2n) is 8.93. The number of hydrogen-bond acceptors (Lipinski definition) is 3. The van der Waals surface area contributed by atoms with Gasteiger partial charge < -0.3 is 14.0 Å². The van der Waals surface area contributed by atoms with Gasteiger partial charge >= 0.3 is 8.56 Å². The molecule has 31 heavy (non-hydrogen) atoms. The van der Waals surface area contributed by atoms with Crippen molar-refractivity contribution >= 4 is 40.8 Å². The maximum atomic E-state index is 7.36. The minimum atomic E-state index is -2.73. The van der Waals surface area contributed by atoms with Crippen molar-refractivity contribution < 1.29 is 8.23 Å². The summed E-state index contributed by atoms with van der Waals surface area (Å²) in [5.74, 6) is 0. The van der Waals surface area contributed by atoms with Gasteiger partial charge in [-0.05, 0) is 60.8 Å². The van der Waals surface area contributed by atoms with E-state index in [0.29, 0.717) is 6.54 Å². The van der Waals surface area contributed by atoms with Crippen molar-refractivity contribution in [1.82, 2.24) is 0 Å². The van der Waals surface area contributed by atoms with E-state index in [1.54, 1.807) is 0 Å². The van der Waals surface area contributed by atoms with Crippen LogP contribution in [0.1, 0.15) is 6.42 Å². The fraction of sp³-hybridized carbons (Fsp3) is 0.280. The molecule has 3 aromatic carbocycles. The molecule has 164 valence electrons. The van der Waals surface area contributed by atoms with Crippen LogP contribution in [0.3, 0.4) is 0 Å². The van der Waals surface area contributed by atoms with E-state index >= 15 is 0 Å². The largest absolute Gasteiger partial charge is 0.433 e. The van der Waals surface area contributed by atoms with Crippen molar-refractivity contribution in [3.63, 3.8) is 0 Å². The Hall–Kier alpha value is -1.81. The highest BCUT2D eigenvalue weighted by molar-refractivity contribution is 7.04. The maximum Gasteiger partial charge on any atom is 0.349 e. The molecule has 0 saturated carbocycles. The molecule has 3 aromatic rings. The molecule has 0 aliphatic rings. The molecule has 0 radical (unpaired) electrons. The van der Waals surface area contributed by atoms with Gasteiger partial charge in [0.15, 0.2) is 8.32 Å². The molecule has 6 heteroatoms. The summed E-state index contributed by atoms with van der Waals surface area (Å²) in [4.78, 5) is 0. The van der Waals surface area contributed by atoms with Crippen LogP contribution in [-0.2, 0) is 8.23 Å². The molecule has 0 bridgehead atoms. The molecule has 1 unspecified atom stereocenters. The third kappa shape index (κ3) is 5.91. The Morgan fingerprint density at radius 3 is 1.45 bits per heavy atom. The molecule has 0 heterocycles. The Kier molecular flexibility index (Phi) is 7.85. The number of nitrogens with two attached hydrogens (primary N) is 1. The zero-order valence-corrected chi connectivity index (χ0v) is 22.2. The zero-order chi connectivity index (χ0) is 22.4. The van der Waals surface area contributed by atoms with Gasteiger partial charge in [-0.2, -0.15) is 0 Å². The number of rotatable bonds is 10. The van der Waals surface area contributed by atoms with Crippen LogP contribution in [0.4, 0.5) is 0 Å². The van der Waals surface area contributed by atoms with E-state index in [1.165, 1.54) is 15.6 Å². The van der Waals surface area contributed by atoms with Crippen LogP contribution in [-0.4, -0.2) is 31.7 Å². The maximum absolute atomic E-state index is 7.36. The summed E-state index contributed by atoms with van der Waals surface area (Å²) < 4.78 is 14.4. The Balaban J connectivity index is 2.09. The molecule has 3 nitrogen and oxygen atoms in total. The summed E-state index contributed by atoms with van der Waals surface area (Å²) >= 11 is 0. The van der Waals surface area contributed by atoms with E-state index in [-0.39, 0.29) is 0 Å². The van der Waals surface area contributed by atoms with Crippen LogP contribution in [0.15, 0.2) is 91.0 Å². The van der Waals surface area contributed by atoms with Crippen molar-refractivity contribution in [3.05, 3.63) is 91.0 Å². The third-order valence-corrected chi connectivity index (χ3v) is 18.6. The van der Waals surface area contributed by atoms with Crippen molar-refractivity contribution in [2.75, 3.05) is 6.54 Å². The van der Waals surface area contributed by atoms with E-state index in [2.05, 4.69) is 117 Å². The van der Waals surface area contributed by atoms with E-state index in [0.717, 1.165) is 12.5 Å². The normalized spacial score (nSPS) is 14.2. The fourth-order valence-corrected chi connectivity index (χ4v) is 18.2. The highest BCUT2D eigenvalue weighted by Crippen LogP contribution is 2.24. The summed E-state index contributed by atoms with van der Waals surface area (Å²) in [6.45, 7) is 9.83. The van der Waals surface area contributed by atoms with Gasteiger partial charge in [-0.15, -0.1) is 0 Å². The monoisotopic (exact) mass is 465 g/mol.